The number of furan rings is 1. The van der Waals surface area contributed by atoms with Crippen molar-refractivity contribution in [2.24, 2.45) is 0 Å². The van der Waals surface area contributed by atoms with Crippen molar-refractivity contribution in [2.45, 2.75) is 19.8 Å². The molecule has 0 bridgehead atoms. The van der Waals surface area contributed by atoms with Crippen LogP contribution in [0.15, 0.2) is 35.0 Å². The summed E-state index contributed by atoms with van der Waals surface area (Å²) in [5.74, 6) is 0.577. The number of halogens is 1. The fourth-order valence-electron chi connectivity index (χ4n) is 2.28. The monoisotopic (exact) mass is 271 g/mol. The average molecular weight is 271 g/mol. The van der Waals surface area contributed by atoms with Crippen LogP contribution in [-0.4, -0.2) is 9.97 Å². The van der Waals surface area contributed by atoms with E-state index in [0.29, 0.717) is 22.7 Å². The fraction of sp³-hybridized carbons (Fsp3) is 0.200. The summed E-state index contributed by atoms with van der Waals surface area (Å²) in [6.45, 7) is 2.05. The van der Waals surface area contributed by atoms with E-state index in [1.807, 2.05) is 0 Å². The van der Waals surface area contributed by atoms with Crippen LogP contribution >= 0.6 is 0 Å². The summed E-state index contributed by atoms with van der Waals surface area (Å²) in [4.78, 5) is 8.25. The van der Waals surface area contributed by atoms with E-state index in [1.54, 1.807) is 18.2 Å². The quantitative estimate of drug-likeness (QED) is 0.791. The molecule has 2 aromatic heterocycles. The van der Waals surface area contributed by atoms with Crippen molar-refractivity contribution in [3.05, 3.63) is 42.0 Å². The second kappa shape index (κ2) is 4.92. The summed E-state index contributed by atoms with van der Waals surface area (Å²) in [6, 6.07) is 6.60. The molecule has 5 heteroatoms. The molecule has 0 spiro atoms. The van der Waals surface area contributed by atoms with Gasteiger partial charge in [0.2, 0.25) is 0 Å². The number of rotatable bonds is 3. The van der Waals surface area contributed by atoms with Crippen molar-refractivity contribution in [2.75, 3.05) is 5.73 Å². The van der Waals surface area contributed by atoms with Crippen LogP contribution in [0.3, 0.4) is 0 Å². The molecule has 0 unspecified atom stereocenters. The molecule has 3 rings (SSSR count). The summed E-state index contributed by atoms with van der Waals surface area (Å²) in [5, 5.41) is 0.708. The molecule has 20 heavy (non-hydrogen) atoms. The van der Waals surface area contributed by atoms with Gasteiger partial charge in [0.1, 0.15) is 17.8 Å². The van der Waals surface area contributed by atoms with Crippen LogP contribution in [-0.2, 0) is 6.42 Å². The lowest BCUT2D eigenvalue weighted by Crippen LogP contribution is -2.01. The molecule has 0 fully saturated rings. The molecule has 0 aliphatic rings. The summed E-state index contributed by atoms with van der Waals surface area (Å²) in [7, 11) is 0. The second-order valence-electron chi connectivity index (χ2n) is 4.60. The van der Waals surface area contributed by atoms with E-state index < -0.39 is 0 Å². The third kappa shape index (κ3) is 2.01. The molecule has 0 amide bonds. The van der Waals surface area contributed by atoms with E-state index in [0.717, 1.165) is 18.4 Å². The fourth-order valence-corrected chi connectivity index (χ4v) is 2.28. The third-order valence-electron chi connectivity index (χ3n) is 3.21. The zero-order valence-corrected chi connectivity index (χ0v) is 11.1. The van der Waals surface area contributed by atoms with Gasteiger partial charge in [0.25, 0.3) is 0 Å². The highest BCUT2D eigenvalue weighted by atomic mass is 19.1. The van der Waals surface area contributed by atoms with Crippen LogP contribution in [0.2, 0.25) is 0 Å². The zero-order valence-electron chi connectivity index (χ0n) is 11.1. The molecule has 1 aromatic carbocycles. The van der Waals surface area contributed by atoms with E-state index in [-0.39, 0.29) is 11.4 Å². The minimum Gasteiger partial charge on any atom is -0.451 e. The molecule has 4 nitrogen and oxygen atoms in total. The Morgan fingerprint density at radius 3 is 2.90 bits per heavy atom. The van der Waals surface area contributed by atoms with Crippen LogP contribution in [0, 0.1) is 5.82 Å². The van der Waals surface area contributed by atoms with Crippen molar-refractivity contribution in [1.29, 1.82) is 0 Å². The Bertz CT molecular complexity index is 767. The number of aromatic nitrogens is 2. The molecule has 102 valence electrons. The lowest BCUT2D eigenvalue weighted by Gasteiger charge is -2.07. The second-order valence-corrected chi connectivity index (χ2v) is 4.60. The van der Waals surface area contributed by atoms with Gasteiger partial charge in [-0.2, -0.15) is 0 Å². The number of nitrogens with two attached hydrogens (primary N) is 1. The van der Waals surface area contributed by atoms with E-state index in [9.17, 15) is 4.39 Å². The number of fused-ring (bicyclic) bond motifs is 1. The molecular weight excluding hydrogens is 257 g/mol. The van der Waals surface area contributed by atoms with Crippen molar-refractivity contribution >= 4 is 16.8 Å². The summed E-state index contributed by atoms with van der Waals surface area (Å²) >= 11 is 0. The SMILES string of the molecule is CCCc1c(N)ncnc1-c1cc2cccc(F)c2o1. The molecule has 0 atom stereocenters. The van der Waals surface area contributed by atoms with Crippen LogP contribution < -0.4 is 5.73 Å². The highest BCUT2D eigenvalue weighted by molar-refractivity contribution is 5.83. The van der Waals surface area contributed by atoms with Crippen molar-refractivity contribution in [3.8, 4) is 11.5 Å². The summed E-state index contributed by atoms with van der Waals surface area (Å²) in [6.07, 6.45) is 3.06. The molecule has 0 saturated carbocycles. The minimum atomic E-state index is -0.382. The first-order valence-corrected chi connectivity index (χ1v) is 6.48. The molecule has 2 heterocycles. The summed E-state index contributed by atoms with van der Waals surface area (Å²) in [5.41, 5.74) is 7.62. The number of benzene rings is 1. The number of nitrogens with zero attached hydrogens (tertiary/aromatic N) is 2. The lowest BCUT2D eigenvalue weighted by molar-refractivity contribution is 0.567. The Hall–Kier alpha value is -2.43. The highest BCUT2D eigenvalue weighted by Gasteiger charge is 2.16. The smallest absolute Gasteiger partial charge is 0.170 e. The van der Waals surface area contributed by atoms with Gasteiger partial charge in [-0.15, -0.1) is 0 Å². The normalized spacial score (nSPS) is 11.1. The molecular formula is C15H14FN3O. The van der Waals surface area contributed by atoms with Gasteiger partial charge in [-0.3, -0.25) is 0 Å². The van der Waals surface area contributed by atoms with Gasteiger partial charge in [-0.25, -0.2) is 14.4 Å². The largest absolute Gasteiger partial charge is 0.451 e. The van der Waals surface area contributed by atoms with Gasteiger partial charge < -0.3 is 10.2 Å². The van der Waals surface area contributed by atoms with E-state index in [1.165, 1.54) is 12.4 Å². The average Bonchev–Trinajstić information content (AvgIpc) is 2.86. The Morgan fingerprint density at radius 2 is 2.15 bits per heavy atom. The molecule has 0 saturated heterocycles. The van der Waals surface area contributed by atoms with Gasteiger partial charge in [-0.1, -0.05) is 25.5 Å². The van der Waals surface area contributed by atoms with Crippen LogP contribution in [0.25, 0.3) is 22.4 Å². The molecule has 0 aliphatic carbocycles. The molecule has 3 aromatic rings. The first kappa shape index (κ1) is 12.6. The summed E-state index contributed by atoms with van der Waals surface area (Å²) < 4.78 is 19.3. The number of hydrogen-bond donors (Lipinski definition) is 1. The lowest BCUT2D eigenvalue weighted by atomic mass is 10.1. The maximum absolute atomic E-state index is 13.7. The first-order valence-electron chi connectivity index (χ1n) is 6.48. The zero-order chi connectivity index (χ0) is 14.1. The van der Waals surface area contributed by atoms with Gasteiger partial charge in [-0.05, 0) is 18.6 Å². The number of hydrogen-bond acceptors (Lipinski definition) is 4. The topological polar surface area (TPSA) is 64.9 Å². The van der Waals surface area contributed by atoms with E-state index in [2.05, 4.69) is 16.9 Å². The Kier molecular flexibility index (Phi) is 3.10. The van der Waals surface area contributed by atoms with Crippen molar-refractivity contribution in [3.63, 3.8) is 0 Å². The Balaban J connectivity index is 2.20. The van der Waals surface area contributed by atoms with Gasteiger partial charge in [0.15, 0.2) is 17.2 Å². The van der Waals surface area contributed by atoms with Gasteiger partial charge in [0.05, 0.1) is 0 Å². The maximum Gasteiger partial charge on any atom is 0.170 e. The number of nitrogen functional groups attached to an aromatic ring is 1. The molecule has 0 aliphatic heterocycles. The van der Waals surface area contributed by atoms with Crippen LogP contribution in [0.4, 0.5) is 10.2 Å². The van der Waals surface area contributed by atoms with Crippen molar-refractivity contribution < 1.29 is 8.81 Å². The van der Waals surface area contributed by atoms with E-state index >= 15 is 0 Å². The van der Waals surface area contributed by atoms with Gasteiger partial charge >= 0.3 is 0 Å². The Morgan fingerprint density at radius 1 is 1.30 bits per heavy atom. The number of para-hydroxylation sites is 1. The number of anilines is 1. The Labute approximate surface area is 115 Å². The minimum absolute atomic E-state index is 0.238. The van der Waals surface area contributed by atoms with Crippen LogP contribution in [0.1, 0.15) is 18.9 Å². The molecule has 0 radical (unpaired) electrons. The predicted molar refractivity (Wildman–Crippen MR) is 75.6 cm³/mol. The van der Waals surface area contributed by atoms with E-state index in [4.69, 9.17) is 10.2 Å². The highest BCUT2D eigenvalue weighted by Crippen LogP contribution is 2.31. The van der Waals surface area contributed by atoms with Crippen LogP contribution in [0.5, 0.6) is 0 Å². The molecule has 2 N–H and O–H groups in total. The predicted octanol–water partition coefficient (Wildman–Crippen LogP) is 3.56. The van der Waals surface area contributed by atoms with Crippen molar-refractivity contribution in [1.82, 2.24) is 9.97 Å². The third-order valence-corrected chi connectivity index (χ3v) is 3.21. The first-order chi connectivity index (χ1) is 9.70. The van der Waals surface area contributed by atoms with Gasteiger partial charge in [0, 0.05) is 10.9 Å². The standard InChI is InChI=1S/C15H14FN3O/c1-2-4-10-13(18-8-19-15(10)17)12-7-9-5-3-6-11(16)14(9)20-12/h3,5-8H,2,4H2,1H3,(H2,17,18,19). The maximum atomic E-state index is 13.7.